The fraction of sp³-hybridized carbons (Fsp3) is 0.562. The number of hydrogen-bond donors (Lipinski definition) is 1. The lowest BCUT2D eigenvalue weighted by atomic mass is 9.90. The minimum atomic E-state index is -1.13. The predicted molar refractivity (Wildman–Crippen MR) is 81.3 cm³/mol. The number of benzene rings is 1. The Hall–Kier alpha value is -1.39. The van der Waals surface area contributed by atoms with Gasteiger partial charge in [-0.15, -0.1) is 0 Å². The number of nitrogens with two attached hydrogens (primary N) is 1. The summed E-state index contributed by atoms with van der Waals surface area (Å²) < 4.78 is 4.91. The monoisotopic (exact) mass is 278 g/mol. The highest BCUT2D eigenvalue weighted by Crippen LogP contribution is 2.21. The molecule has 0 aliphatic carbocycles. The second kappa shape index (κ2) is 7.41. The van der Waals surface area contributed by atoms with Crippen molar-refractivity contribution >= 4 is 5.97 Å². The van der Waals surface area contributed by atoms with E-state index in [-0.39, 0.29) is 0 Å². The average molecular weight is 278 g/mol. The first kappa shape index (κ1) is 16.7. The van der Waals surface area contributed by atoms with Gasteiger partial charge in [0.1, 0.15) is 0 Å². The first-order valence-corrected chi connectivity index (χ1v) is 7.05. The van der Waals surface area contributed by atoms with E-state index >= 15 is 0 Å². The maximum Gasteiger partial charge on any atom is 0.331 e. The van der Waals surface area contributed by atoms with Crippen molar-refractivity contribution in [2.45, 2.75) is 25.8 Å². The Kier molecular flexibility index (Phi) is 6.17. The van der Waals surface area contributed by atoms with Crippen LogP contribution in [-0.4, -0.2) is 38.1 Å². The van der Waals surface area contributed by atoms with Crippen LogP contribution in [-0.2, 0) is 15.1 Å². The van der Waals surface area contributed by atoms with Crippen LogP contribution in [0.1, 0.15) is 25.8 Å². The van der Waals surface area contributed by atoms with Gasteiger partial charge in [-0.3, -0.25) is 0 Å². The second-order valence-electron chi connectivity index (χ2n) is 5.54. The Morgan fingerprint density at radius 3 is 2.50 bits per heavy atom. The Balaban J connectivity index is 2.93. The van der Waals surface area contributed by atoms with Crippen molar-refractivity contribution in [1.82, 2.24) is 4.90 Å². The summed E-state index contributed by atoms with van der Waals surface area (Å²) in [6, 6.07) is 9.41. The lowest BCUT2D eigenvalue weighted by Crippen LogP contribution is -2.53. The number of methoxy groups -OCH3 is 1. The number of esters is 1. The van der Waals surface area contributed by atoms with Crippen molar-refractivity contribution in [3.8, 4) is 0 Å². The molecule has 2 unspecified atom stereocenters. The molecule has 0 heterocycles. The normalized spacial score (nSPS) is 15.7. The van der Waals surface area contributed by atoms with Crippen LogP contribution < -0.4 is 5.73 Å². The summed E-state index contributed by atoms with van der Waals surface area (Å²) in [6.45, 7) is 5.69. The molecule has 2 atom stereocenters. The molecule has 0 saturated carbocycles. The third-order valence-electron chi connectivity index (χ3n) is 3.68. The van der Waals surface area contributed by atoms with E-state index in [1.165, 1.54) is 7.11 Å². The number of likely N-dealkylation sites (N-methyl/N-ethyl adjacent to an activating group) is 1. The van der Waals surface area contributed by atoms with Crippen molar-refractivity contribution in [1.29, 1.82) is 0 Å². The molecule has 1 aromatic carbocycles. The molecule has 0 radical (unpaired) electrons. The number of ether oxygens (including phenoxy) is 1. The van der Waals surface area contributed by atoms with E-state index in [9.17, 15) is 4.79 Å². The van der Waals surface area contributed by atoms with E-state index in [1.54, 1.807) is 0 Å². The standard InChI is InChI=1S/C16H26N2O2/c1-5-13(2)11-18(3)12-16(17,15(19)20-4)14-9-7-6-8-10-14/h6-10,13H,5,11-12,17H2,1-4H3. The number of nitrogens with zero attached hydrogens (tertiary/aromatic N) is 1. The van der Waals surface area contributed by atoms with Gasteiger partial charge in [0.25, 0.3) is 0 Å². The van der Waals surface area contributed by atoms with Crippen LogP contribution in [0.2, 0.25) is 0 Å². The molecular weight excluding hydrogens is 252 g/mol. The van der Waals surface area contributed by atoms with Crippen molar-refractivity contribution in [3.05, 3.63) is 35.9 Å². The quantitative estimate of drug-likeness (QED) is 0.775. The minimum Gasteiger partial charge on any atom is -0.467 e. The van der Waals surface area contributed by atoms with E-state index in [0.29, 0.717) is 12.5 Å². The van der Waals surface area contributed by atoms with Gasteiger partial charge in [0.15, 0.2) is 5.54 Å². The third-order valence-corrected chi connectivity index (χ3v) is 3.68. The highest BCUT2D eigenvalue weighted by atomic mass is 16.5. The Morgan fingerprint density at radius 1 is 1.40 bits per heavy atom. The van der Waals surface area contributed by atoms with Crippen LogP contribution in [0.5, 0.6) is 0 Å². The third kappa shape index (κ3) is 4.05. The van der Waals surface area contributed by atoms with Crippen LogP contribution >= 0.6 is 0 Å². The molecule has 0 aliphatic rings. The summed E-state index contributed by atoms with van der Waals surface area (Å²) >= 11 is 0. The van der Waals surface area contributed by atoms with Crippen LogP contribution in [0.3, 0.4) is 0 Å². The molecule has 112 valence electrons. The maximum absolute atomic E-state index is 12.2. The van der Waals surface area contributed by atoms with Crippen LogP contribution in [0.15, 0.2) is 30.3 Å². The molecule has 1 rings (SSSR count). The molecule has 0 fully saturated rings. The summed E-state index contributed by atoms with van der Waals surface area (Å²) in [5.74, 6) is 0.164. The maximum atomic E-state index is 12.2. The van der Waals surface area contributed by atoms with Gasteiger partial charge < -0.3 is 15.4 Å². The molecule has 0 saturated heterocycles. The van der Waals surface area contributed by atoms with Gasteiger partial charge >= 0.3 is 5.97 Å². The second-order valence-corrected chi connectivity index (χ2v) is 5.54. The van der Waals surface area contributed by atoms with E-state index in [1.807, 2.05) is 37.4 Å². The van der Waals surface area contributed by atoms with Crippen LogP contribution in [0.4, 0.5) is 0 Å². The lowest BCUT2D eigenvalue weighted by Gasteiger charge is -2.32. The summed E-state index contributed by atoms with van der Waals surface area (Å²) in [6.07, 6.45) is 1.10. The highest BCUT2D eigenvalue weighted by Gasteiger charge is 2.38. The SMILES string of the molecule is CCC(C)CN(C)CC(N)(C(=O)OC)c1ccccc1. The number of hydrogen-bond acceptors (Lipinski definition) is 4. The number of carbonyl (C=O) groups is 1. The van der Waals surface area contributed by atoms with Gasteiger partial charge in [-0.1, -0.05) is 50.6 Å². The van der Waals surface area contributed by atoms with E-state index in [4.69, 9.17) is 10.5 Å². The molecule has 0 amide bonds. The van der Waals surface area contributed by atoms with Gasteiger partial charge in [0.2, 0.25) is 0 Å². The van der Waals surface area contributed by atoms with Gasteiger partial charge in [0, 0.05) is 13.1 Å². The molecule has 1 aromatic rings. The zero-order chi connectivity index (χ0) is 15.2. The summed E-state index contributed by atoms with van der Waals surface area (Å²) in [5, 5.41) is 0. The highest BCUT2D eigenvalue weighted by molar-refractivity contribution is 5.82. The molecule has 0 aromatic heterocycles. The number of carbonyl (C=O) groups excluding carboxylic acids is 1. The van der Waals surface area contributed by atoms with Gasteiger partial charge in [-0.25, -0.2) is 4.79 Å². The molecule has 20 heavy (non-hydrogen) atoms. The Bertz CT molecular complexity index is 422. The van der Waals surface area contributed by atoms with Gasteiger partial charge in [-0.05, 0) is 18.5 Å². The van der Waals surface area contributed by atoms with Crippen LogP contribution in [0, 0.1) is 5.92 Å². The average Bonchev–Trinajstić information content (AvgIpc) is 2.46. The Morgan fingerprint density at radius 2 is 2.00 bits per heavy atom. The predicted octanol–water partition coefficient (Wildman–Crippen LogP) is 1.99. The molecule has 4 heteroatoms. The molecule has 0 bridgehead atoms. The summed E-state index contributed by atoms with van der Waals surface area (Å²) in [4.78, 5) is 14.2. The summed E-state index contributed by atoms with van der Waals surface area (Å²) in [7, 11) is 3.36. The van der Waals surface area contributed by atoms with Gasteiger partial charge in [0.05, 0.1) is 7.11 Å². The fourth-order valence-corrected chi connectivity index (χ4v) is 2.34. The Labute approximate surface area is 121 Å². The van der Waals surface area contributed by atoms with Crippen molar-refractivity contribution in [3.63, 3.8) is 0 Å². The topological polar surface area (TPSA) is 55.6 Å². The fourth-order valence-electron chi connectivity index (χ4n) is 2.34. The molecule has 4 nitrogen and oxygen atoms in total. The number of rotatable bonds is 7. The molecule has 0 spiro atoms. The van der Waals surface area contributed by atoms with Crippen molar-refractivity contribution in [2.24, 2.45) is 11.7 Å². The van der Waals surface area contributed by atoms with E-state index in [0.717, 1.165) is 18.5 Å². The van der Waals surface area contributed by atoms with Crippen molar-refractivity contribution in [2.75, 3.05) is 27.2 Å². The zero-order valence-electron chi connectivity index (χ0n) is 12.9. The minimum absolute atomic E-state index is 0.403. The molecule has 2 N–H and O–H groups in total. The first-order valence-electron chi connectivity index (χ1n) is 7.05. The smallest absolute Gasteiger partial charge is 0.331 e. The molecule has 0 aliphatic heterocycles. The lowest BCUT2D eigenvalue weighted by molar-refractivity contribution is -0.148. The molecular formula is C16H26N2O2. The first-order chi connectivity index (χ1) is 9.43. The summed E-state index contributed by atoms with van der Waals surface area (Å²) in [5.41, 5.74) is 6.03. The van der Waals surface area contributed by atoms with Gasteiger partial charge in [-0.2, -0.15) is 0 Å². The largest absolute Gasteiger partial charge is 0.467 e. The van der Waals surface area contributed by atoms with E-state index in [2.05, 4.69) is 18.7 Å². The zero-order valence-corrected chi connectivity index (χ0v) is 12.9. The van der Waals surface area contributed by atoms with E-state index < -0.39 is 11.5 Å². The van der Waals surface area contributed by atoms with Crippen molar-refractivity contribution < 1.29 is 9.53 Å². The van der Waals surface area contributed by atoms with Crippen LogP contribution in [0.25, 0.3) is 0 Å².